The molecule has 0 aliphatic carbocycles. The van der Waals surface area contributed by atoms with Crippen molar-refractivity contribution in [2.75, 3.05) is 23.8 Å². The van der Waals surface area contributed by atoms with Crippen molar-refractivity contribution in [3.05, 3.63) is 18.2 Å². The second kappa shape index (κ2) is 27.7. The van der Waals surface area contributed by atoms with E-state index in [0.717, 1.165) is 0 Å². The van der Waals surface area contributed by atoms with Crippen LogP contribution in [0.25, 0.3) is 0 Å². The lowest BCUT2D eigenvalue weighted by Gasteiger charge is -2.16. The standard InChI is InChI=1S/C10H17N3O6S.C6H9N3O2.C4H9NO2S.C3H7NO2S/c11-5(10(18)19)1-2-7(14)13-6(4-20)9(17)12-3-8(15)16;7-5(6(10)11)1-4-2-8-3-9-4;5-3(1-2-8)4(6)7;4-2(1-7)3(5)6/h5-6,20H,1-4,11H2,(H,12,17)(H,13,14)(H,15,16)(H,18,19);2-3,5H,1,7H2,(H,8,9)(H,10,11);3,8H,1-2,5H2,(H,6,7);2,7H,1,4H2,(H,5,6)/t;5-;3-;2-/m.000/s1. The topological polar surface area (TPSA) is 377 Å². The molecule has 0 bridgehead atoms. The summed E-state index contributed by atoms with van der Waals surface area (Å²) in [6.45, 7) is -0.567. The number of aromatic amines is 1. The number of nitrogens with zero attached hydrogens (tertiary/aromatic N) is 1. The van der Waals surface area contributed by atoms with Crippen molar-refractivity contribution in [1.82, 2.24) is 20.6 Å². The molecule has 2 unspecified atom stereocenters. The van der Waals surface area contributed by atoms with Gasteiger partial charge in [-0.15, -0.1) is 0 Å². The molecule has 0 fully saturated rings. The lowest BCUT2D eigenvalue weighted by molar-refractivity contribution is -0.139. The number of nitrogens with one attached hydrogen (secondary N) is 3. The average Bonchev–Trinajstić information content (AvgIpc) is 3.50. The summed E-state index contributed by atoms with van der Waals surface area (Å²) < 4.78 is 0. The Morgan fingerprint density at radius 2 is 1.26 bits per heavy atom. The number of carbonyl (C=O) groups is 7. The number of hydrogen-bond acceptors (Lipinski definition) is 15. The fourth-order valence-electron chi connectivity index (χ4n) is 2.21. The zero-order chi connectivity index (χ0) is 36.4. The van der Waals surface area contributed by atoms with Crippen molar-refractivity contribution in [3.8, 4) is 0 Å². The van der Waals surface area contributed by atoms with Gasteiger partial charge < -0.3 is 64.1 Å². The molecule has 46 heavy (non-hydrogen) atoms. The minimum Gasteiger partial charge on any atom is -0.480 e. The normalized spacial score (nSPS) is 13.1. The van der Waals surface area contributed by atoms with Gasteiger partial charge in [-0.2, -0.15) is 37.9 Å². The molecule has 1 rings (SSSR count). The molecule has 2 amide bonds. The molecule has 0 aromatic carbocycles. The molecule has 0 spiro atoms. The van der Waals surface area contributed by atoms with Crippen molar-refractivity contribution in [2.45, 2.75) is 55.9 Å². The van der Waals surface area contributed by atoms with Crippen LogP contribution < -0.4 is 33.6 Å². The highest BCUT2D eigenvalue weighted by molar-refractivity contribution is 7.80. The van der Waals surface area contributed by atoms with Crippen molar-refractivity contribution < 1.29 is 59.1 Å². The van der Waals surface area contributed by atoms with Gasteiger partial charge >= 0.3 is 29.8 Å². The maximum absolute atomic E-state index is 11.5. The highest BCUT2D eigenvalue weighted by Gasteiger charge is 2.21. The first-order chi connectivity index (χ1) is 21.3. The van der Waals surface area contributed by atoms with E-state index in [1.807, 2.05) is 0 Å². The quantitative estimate of drug-likeness (QED) is 0.0687. The van der Waals surface area contributed by atoms with E-state index < -0.39 is 78.4 Å². The second-order valence-electron chi connectivity index (χ2n) is 8.69. The van der Waals surface area contributed by atoms with Gasteiger partial charge in [0.15, 0.2) is 0 Å². The van der Waals surface area contributed by atoms with Gasteiger partial charge in [0, 0.05) is 30.5 Å². The number of imidazole rings is 1. The Kier molecular flexibility index (Phi) is 28.2. The number of amides is 2. The summed E-state index contributed by atoms with van der Waals surface area (Å²) in [6, 6.07) is -4.57. The Balaban J connectivity index is -0.000000595. The molecule has 0 aliphatic rings. The lowest BCUT2D eigenvalue weighted by Crippen LogP contribution is -2.49. The summed E-state index contributed by atoms with van der Waals surface area (Å²) in [7, 11) is 0. The van der Waals surface area contributed by atoms with Gasteiger partial charge in [-0.1, -0.05) is 0 Å². The molecule has 0 saturated heterocycles. The number of nitrogens with two attached hydrogens (primary N) is 4. The minimum atomic E-state index is -1.22. The molecule has 23 heteroatoms. The lowest BCUT2D eigenvalue weighted by atomic mass is 10.1. The van der Waals surface area contributed by atoms with E-state index in [-0.39, 0.29) is 30.8 Å². The number of carboxylic acid groups (broad SMARTS) is 5. The van der Waals surface area contributed by atoms with Crippen LogP contribution >= 0.6 is 37.9 Å². The molecule has 1 aromatic rings. The fourth-order valence-corrected chi connectivity index (χ4v) is 2.90. The molecular weight excluding hydrogens is 676 g/mol. The maximum atomic E-state index is 11.5. The molecule has 16 N–H and O–H groups in total. The van der Waals surface area contributed by atoms with Crippen LogP contribution in [-0.4, -0.2) is 131 Å². The Morgan fingerprint density at radius 3 is 1.59 bits per heavy atom. The number of aliphatic carboxylic acids is 5. The van der Waals surface area contributed by atoms with E-state index in [9.17, 15) is 33.6 Å². The van der Waals surface area contributed by atoms with Crippen LogP contribution in [-0.2, 0) is 40.0 Å². The first kappa shape index (κ1) is 46.8. The van der Waals surface area contributed by atoms with Gasteiger partial charge in [0.2, 0.25) is 11.8 Å². The molecule has 20 nitrogen and oxygen atoms in total. The summed E-state index contributed by atoms with van der Waals surface area (Å²) in [4.78, 5) is 80.2. The predicted octanol–water partition coefficient (Wildman–Crippen LogP) is -3.80. The van der Waals surface area contributed by atoms with Crippen LogP contribution in [0.4, 0.5) is 0 Å². The number of aromatic nitrogens is 2. The van der Waals surface area contributed by atoms with Crippen molar-refractivity contribution in [3.63, 3.8) is 0 Å². The monoisotopic (exact) mass is 718 g/mol. The SMILES string of the molecule is NC(CCC(=O)NC(CS)C(=O)NCC(=O)O)C(=O)O.N[C@@H](CCS)C(=O)O.N[C@@H](CS)C(=O)O.N[C@@H](Cc1c[nH]cn1)C(=O)O. The third kappa shape index (κ3) is 26.8. The van der Waals surface area contributed by atoms with E-state index in [2.05, 4.69) is 58.5 Å². The molecule has 0 radical (unpaired) electrons. The van der Waals surface area contributed by atoms with Gasteiger partial charge in [-0.3, -0.25) is 33.6 Å². The second-order valence-corrected chi connectivity index (χ2v) is 9.87. The average molecular weight is 719 g/mol. The number of rotatable bonds is 17. The summed E-state index contributed by atoms with van der Waals surface area (Å²) in [6.07, 6.45) is 3.57. The molecule has 5 atom stereocenters. The van der Waals surface area contributed by atoms with Crippen LogP contribution in [0.15, 0.2) is 12.5 Å². The number of hydrogen-bond donors (Lipinski definition) is 15. The van der Waals surface area contributed by atoms with E-state index >= 15 is 0 Å². The Labute approximate surface area is 279 Å². The number of thiol groups is 3. The van der Waals surface area contributed by atoms with Gasteiger partial charge in [-0.05, 0) is 18.6 Å². The van der Waals surface area contributed by atoms with Crippen LogP contribution in [0.2, 0.25) is 0 Å². The van der Waals surface area contributed by atoms with Crippen molar-refractivity contribution >= 4 is 79.5 Å². The molecular formula is C23H42N8O12S3. The Bertz CT molecular complexity index is 1080. The highest BCUT2D eigenvalue weighted by Crippen LogP contribution is 1.98. The zero-order valence-electron chi connectivity index (χ0n) is 24.4. The Morgan fingerprint density at radius 1 is 0.761 bits per heavy atom. The van der Waals surface area contributed by atoms with Crippen LogP contribution in [0.5, 0.6) is 0 Å². The fraction of sp³-hybridized carbons (Fsp3) is 0.565. The third-order valence-corrected chi connectivity index (χ3v) is 5.84. The summed E-state index contributed by atoms with van der Waals surface area (Å²) in [5.41, 5.74) is 21.2. The number of H-pyrrole nitrogens is 1. The molecule has 0 saturated carbocycles. The molecule has 264 valence electrons. The maximum Gasteiger partial charge on any atom is 0.322 e. The largest absolute Gasteiger partial charge is 0.480 e. The van der Waals surface area contributed by atoms with Crippen molar-refractivity contribution in [2.24, 2.45) is 22.9 Å². The molecule has 1 heterocycles. The smallest absolute Gasteiger partial charge is 0.322 e. The van der Waals surface area contributed by atoms with E-state index in [1.54, 1.807) is 6.20 Å². The molecule has 1 aromatic heterocycles. The minimum absolute atomic E-state index is 0.0256. The third-order valence-electron chi connectivity index (χ3n) is 4.82. The first-order valence-electron chi connectivity index (χ1n) is 12.9. The van der Waals surface area contributed by atoms with Gasteiger partial charge in [0.1, 0.15) is 36.8 Å². The summed E-state index contributed by atoms with van der Waals surface area (Å²) >= 11 is 11.3. The van der Waals surface area contributed by atoms with Crippen molar-refractivity contribution in [1.29, 1.82) is 0 Å². The summed E-state index contributed by atoms with van der Waals surface area (Å²) in [5, 5.41) is 45.9. The van der Waals surface area contributed by atoms with Crippen LogP contribution in [0.3, 0.4) is 0 Å². The Hall–Kier alpha value is -3.61. The zero-order valence-corrected chi connectivity index (χ0v) is 27.1. The summed E-state index contributed by atoms with van der Waals surface area (Å²) in [5.74, 6) is -5.96. The van der Waals surface area contributed by atoms with Crippen LogP contribution in [0.1, 0.15) is 25.0 Å². The van der Waals surface area contributed by atoms with E-state index in [4.69, 9.17) is 48.5 Å². The van der Waals surface area contributed by atoms with Gasteiger partial charge in [0.05, 0.1) is 12.0 Å². The van der Waals surface area contributed by atoms with E-state index in [0.29, 0.717) is 17.9 Å². The highest BCUT2D eigenvalue weighted by atomic mass is 32.1. The van der Waals surface area contributed by atoms with Gasteiger partial charge in [-0.25, -0.2) is 4.98 Å². The van der Waals surface area contributed by atoms with E-state index in [1.165, 1.54) is 6.33 Å². The molecule has 0 aliphatic heterocycles. The van der Waals surface area contributed by atoms with Crippen LogP contribution in [0, 0.1) is 0 Å². The first-order valence-corrected chi connectivity index (χ1v) is 14.8. The number of carboxylic acids is 5. The number of carbonyl (C=O) groups excluding carboxylic acids is 2. The predicted molar refractivity (Wildman–Crippen MR) is 173 cm³/mol. The van der Waals surface area contributed by atoms with Gasteiger partial charge in [0.25, 0.3) is 0 Å².